The van der Waals surface area contributed by atoms with Crippen molar-refractivity contribution in [2.75, 3.05) is 5.32 Å². The van der Waals surface area contributed by atoms with Gasteiger partial charge in [0.2, 0.25) is 0 Å². The lowest BCUT2D eigenvalue weighted by atomic mass is 10.0. The number of alkyl halides is 2. The lowest BCUT2D eigenvalue weighted by Gasteiger charge is -2.11. The Morgan fingerprint density at radius 2 is 1.92 bits per heavy atom. The van der Waals surface area contributed by atoms with Gasteiger partial charge in [-0.05, 0) is 29.7 Å². The summed E-state index contributed by atoms with van der Waals surface area (Å²) in [5.41, 5.74) is 8.44. The molecule has 0 aromatic heterocycles. The normalized spacial score (nSPS) is 11.8. The largest absolute Gasteiger partial charge is 0.434 e. The third-order valence-corrected chi connectivity index (χ3v) is 3.43. The minimum absolute atomic E-state index is 0.103. The number of nitrogens with zero attached hydrogens (tertiary/aromatic N) is 1. The fourth-order valence-electron chi connectivity index (χ4n) is 2.18. The molecule has 0 amide bonds. The SMILES string of the molecule is CC(C)c1cccc(NC(N)=NCc2ccccc2OC(F)F)c1. The van der Waals surface area contributed by atoms with Crippen LogP contribution in [0.3, 0.4) is 0 Å². The molecule has 0 heterocycles. The summed E-state index contributed by atoms with van der Waals surface area (Å²) in [4.78, 5) is 4.19. The standard InChI is InChI=1S/C18H21F2N3O/c1-12(2)13-7-5-8-15(10-13)23-18(21)22-11-14-6-3-4-9-16(14)24-17(19)20/h3-10,12,17H,11H2,1-2H3,(H3,21,22,23). The van der Waals surface area contributed by atoms with Gasteiger partial charge in [-0.25, -0.2) is 4.99 Å². The Hall–Kier alpha value is -2.63. The van der Waals surface area contributed by atoms with Gasteiger partial charge in [-0.15, -0.1) is 0 Å². The Bertz CT molecular complexity index is 702. The van der Waals surface area contributed by atoms with Crippen molar-refractivity contribution < 1.29 is 13.5 Å². The van der Waals surface area contributed by atoms with E-state index in [1.807, 2.05) is 24.3 Å². The fraction of sp³-hybridized carbons (Fsp3) is 0.278. The minimum atomic E-state index is -2.87. The highest BCUT2D eigenvalue weighted by molar-refractivity contribution is 5.92. The van der Waals surface area contributed by atoms with Gasteiger partial charge in [0, 0.05) is 11.3 Å². The Morgan fingerprint density at radius 3 is 2.62 bits per heavy atom. The summed E-state index contributed by atoms with van der Waals surface area (Å²) in [5.74, 6) is 0.719. The van der Waals surface area contributed by atoms with Crippen LogP contribution in [0.1, 0.15) is 30.9 Å². The second-order valence-electron chi connectivity index (χ2n) is 5.59. The maximum absolute atomic E-state index is 12.4. The first-order valence-electron chi connectivity index (χ1n) is 7.65. The van der Waals surface area contributed by atoms with E-state index >= 15 is 0 Å². The summed E-state index contributed by atoms with van der Waals surface area (Å²) < 4.78 is 29.3. The predicted molar refractivity (Wildman–Crippen MR) is 92.6 cm³/mol. The zero-order valence-corrected chi connectivity index (χ0v) is 13.7. The van der Waals surface area contributed by atoms with Crippen LogP contribution in [0.2, 0.25) is 0 Å². The van der Waals surface area contributed by atoms with E-state index < -0.39 is 6.61 Å². The molecule has 4 nitrogen and oxygen atoms in total. The van der Waals surface area contributed by atoms with E-state index in [0.717, 1.165) is 5.69 Å². The van der Waals surface area contributed by atoms with Gasteiger partial charge >= 0.3 is 6.61 Å². The van der Waals surface area contributed by atoms with Crippen LogP contribution in [0.15, 0.2) is 53.5 Å². The molecule has 0 aliphatic carbocycles. The van der Waals surface area contributed by atoms with Crippen molar-refractivity contribution in [3.05, 3.63) is 59.7 Å². The van der Waals surface area contributed by atoms with E-state index in [2.05, 4.69) is 28.9 Å². The van der Waals surface area contributed by atoms with Crippen LogP contribution in [-0.4, -0.2) is 12.6 Å². The number of nitrogens with two attached hydrogens (primary N) is 1. The quantitative estimate of drug-likeness (QED) is 0.611. The molecule has 2 aromatic carbocycles. The van der Waals surface area contributed by atoms with Gasteiger partial charge in [-0.2, -0.15) is 8.78 Å². The average molecular weight is 333 g/mol. The van der Waals surface area contributed by atoms with Gasteiger partial charge in [0.1, 0.15) is 5.75 Å². The van der Waals surface area contributed by atoms with Crippen LogP contribution < -0.4 is 15.8 Å². The smallest absolute Gasteiger partial charge is 0.387 e. The van der Waals surface area contributed by atoms with Crippen LogP contribution in [0, 0.1) is 0 Å². The summed E-state index contributed by atoms with van der Waals surface area (Å²) in [6, 6.07) is 14.4. The number of hydrogen-bond donors (Lipinski definition) is 2. The zero-order chi connectivity index (χ0) is 17.5. The second kappa shape index (κ2) is 8.29. The van der Waals surface area contributed by atoms with E-state index in [1.54, 1.807) is 18.2 Å². The van der Waals surface area contributed by atoms with Crippen molar-refractivity contribution in [1.82, 2.24) is 0 Å². The van der Waals surface area contributed by atoms with E-state index in [1.165, 1.54) is 11.6 Å². The summed E-state index contributed by atoms with van der Waals surface area (Å²) in [6.07, 6.45) is 0. The van der Waals surface area contributed by atoms with Crippen molar-refractivity contribution in [3.8, 4) is 5.75 Å². The number of anilines is 1. The Balaban J connectivity index is 2.06. The van der Waals surface area contributed by atoms with Crippen LogP contribution in [0.4, 0.5) is 14.5 Å². The lowest BCUT2D eigenvalue weighted by Crippen LogP contribution is -2.22. The minimum Gasteiger partial charge on any atom is -0.434 e. The van der Waals surface area contributed by atoms with Crippen molar-refractivity contribution in [2.45, 2.75) is 32.9 Å². The molecule has 0 spiro atoms. The molecule has 0 atom stereocenters. The maximum atomic E-state index is 12.4. The van der Waals surface area contributed by atoms with Crippen LogP contribution in [-0.2, 0) is 6.54 Å². The number of guanidine groups is 1. The highest BCUT2D eigenvalue weighted by Gasteiger charge is 2.08. The first kappa shape index (κ1) is 17.7. The lowest BCUT2D eigenvalue weighted by molar-refractivity contribution is -0.0504. The zero-order valence-electron chi connectivity index (χ0n) is 13.7. The number of ether oxygens (including phenoxy) is 1. The molecule has 3 N–H and O–H groups in total. The fourth-order valence-corrected chi connectivity index (χ4v) is 2.18. The van der Waals surface area contributed by atoms with E-state index in [4.69, 9.17) is 5.73 Å². The Kier molecular flexibility index (Phi) is 6.12. The number of hydrogen-bond acceptors (Lipinski definition) is 2. The number of rotatable bonds is 6. The monoisotopic (exact) mass is 333 g/mol. The van der Waals surface area contributed by atoms with Gasteiger partial charge in [-0.3, -0.25) is 0 Å². The molecule has 0 aliphatic heterocycles. The van der Waals surface area contributed by atoms with Crippen LogP contribution in [0.5, 0.6) is 5.75 Å². The van der Waals surface area contributed by atoms with Gasteiger partial charge in [0.05, 0.1) is 6.54 Å². The molecular formula is C18H21F2N3O. The molecule has 0 radical (unpaired) electrons. The molecule has 0 unspecified atom stereocenters. The molecular weight excluding hydrogens is 312 g/mol. The highest BCUT2D eigenvalue weighted by Crippen LogP contribution is 2.21. The first-order chi connectivity index (χ1) is 11.5. The highest BCUT2D eigenvalue weighted by atomic mass is 19.3. The van der Waals surface area contributed by atoms with Crippen LogP contribution >= 0.6 is 0 Å². The number of aliphatic imine (C=N–C) groups is 1. The third kappa shape index (κ3) is 5.22. The maximum Gasteiger partial charge on any atom is 0.387 e. The molecule has 2 aromatic rings. The number of para-hydroxylation sites is 1. The molecule has 0 aliphatic rings. The molecule has 0 saturated heterocycles. The topological polar surface area (TPSA) is 59.6 Å². The van der Waals surface area contributed by atoms with Crippen LogP contribution in [0.25, 0.3) is 0 Å². The second-order valence-corrected chi connectivity index (χ2v) is 5.59. The molecule has 24 heavy (non-hydrogen) atoms. The van der Waals surface area contributed by atoms with Gasteiger partial charge < -0.3 is 15.8 Å². The average Bonchev–Trinajstić information content (AvgIpc) is 2.53. The molecule has 0 saturated carbocycles. The van der Waals surface area contributed by atoms with E-state index in [9.17, 15) is 8.78 Å². The molecule has 0 bridgehead atoms. The van der Waals surface area contributed by atoms with E-state index in [-0.39, 0.29) is 18.3 Å². The summed E-state index contributed by atoms with van der Waals surface area (Å²) >= 11 is 0. The van der Waals surface area contributed by atoms with Crippen molar-refractivity contribution >= 4 is 11.6 Å². The first-order valence-corrected chi connectivity index (χ1v) is 7.65. The summed E-state index contributed by atoms with van der Waals surface area (Å²) in [5, 5.41) is 3.01. The van der Waals surface area contributed by atoms with Gasteiger partial charge in [0.15, 0.2) is 5.96 Å². The third-order valence-electron chi connectivity index (χ3n) is 3.43. The number of halogens is 2. The molecule has 0 fully saturated rings. The predicted octanol–water partition coefficient (Wildman–Crippen LogP) is 4.34. The Morgan fingerprint density at radius 1 is 1.17 bits per heavy atom. The summed E-state index contributed by atoms with van der Waals surface area (Å²) in [6.45, 7) is 1.49. The van der Waals surface area contributed by atoms with Gasteiger partial charge in [-0.1, -0.05) is 44.2 Å². The Labute approximate surface area is 140 Å². The van der Waals surface area contributed by atoms with Crippen molar-refractivity contribution in [3.63, 3.8) is 0 Å². The number of nitrogens with one attached hydrogen (secondary N) is 1. The molecule has 6 heteroatoms. The van der Waals surface area contributed by atoms with E-state index in [0.29, 0.717) is 11.5 Å². The van der Waals surface area contributed by atoms with Crippen molar-refractivity contribution in [1.29, 1.82) is 0 Å². The molecule has 2 rings (SSSR count). The number of benzene rings is 2. The van der Waals surface area contributed by atoms with Crippen molar-refractivity contribution in [2.24, 2.45) is 10.7 Å². The molecule has 128 valence electrons. The summed E-state index contributed by atoms with van der Waals surface area (Å²) in [7, 11) is 0. The van der Waals surface area contributed by atoms with Gasteiger partial charge in [0.25, 0.3) is 0 Å².